The van der Waals surface area contributed by atoms with Gasteiger partial charge in [-0.3, -0.25) is 14.4 Å². The fraction of sp³-hybridized carbons (Fsp3) is 0.318. The second-order valence-corrected chi connectivity index (χ2v) is 7.23. The molecule has 0 radical (unpaired) electrons. The first-order valence-electron chi connectivity index (χ1n) is 9.28. The van der Waals surface area contributed by atoms with E-state index < -0.39 is 6.04 Å². The van der Waals surface area contributed by atoms with Gasteiger partial charge in [-0.05, 0) is 69.2 Å². The van der Waals surface area contributed by atoms with Crippen molar-refractivity contribution < 1.29 is 19.3 Å². The van der Waals surface area contributed by atoms with Crippen molar-refractivity contribution in [3.8, 4) is 0 Å². The van der Waals surface area contributed by atoms with Crippen molar-refractivity contribution in [3.63, 3.8) is 0 Å². The molecule has 0 fully saturated rings. The number of nitrogens with one attached hydrogen (secondary N) is 3. The monoisotopic (exact) mass is 382 g/mol. The third-order valence-electron chi connectivity index (χ3n) is 4.80. The summed E-state index contributed by atoms with van der Waals surface area (Å²) in [4.78, 5) is 37.0. The molecular formula is C22H28N3O3+. The van der Waals surface area contributed by atoms with Gasteiger partial charge in [0.15, 0.2) is 18.4 Å². The van der Waals surface area contributed by atoms with Gasteiger partial charge in [0, 0.05) is 16.9 Å². The molecule has 2 atom stereocenters. The third-order valence-corrected chi connectivity index (χ3v) is 4.80. The topological polar surface area (TPSA) is 79.7 Å². The van der Waals surface area contributed by atoms with Crippen LogP contribution in [0, 0.1) is 13.8 Å². The molecule has 3 N–H and O–H groups in total. The van der Waals surface area contributed by atoms with Gasteiger partial charge in [0.05, 0.1) is 7.05 Å². The van der Waals surface area contributed by atoms with E-state index in [1.54, 1.807) is 31.2 Å². The van der Waals surface area contributed by atoms with Crippen LogP contribution >= 0.6 is 0 Å². The van der Waals surface area contributed by atoms with Crippen LogP contribution in [-0.2, 0) is 9.59 Å². The Morgan fingerprint density at radius 1 is 1.00 bits per heavy atom. The first-order chi connectivity index (χ1) is 13.2. The van der Waals surface area contributed by atoms with Gasteiger partial charge >= 0.3 is 0 Å². The zero-order valence-corrected chi connectivity index (χ0v) is 17.1. The number of carbonyl (C=O) groups excluding carboxylic acids is 3. The van der Waals surface area contributed by atoms with Crippen molar-refractivity contribution >= 4 is 29.0 Å². The largest absolute Gasteiger partial charge is 0.321 e. The van der Waals surface area contributed by atoms with Gasteiger partial charge in [0.1, 0.15) is 0 Å². The molecule has 0 aromatic heterocycles. The van der Waals surface area contributed by atoms with Crippen molar-refractivity contribution in [2.75, 3.05) is 24.2 Å². The summed E-state index contributed by atoms with van der Waals surface area (Å²) in [5.41, 5.74) is 4.08. The minimum atomic E-state index is -0.420. The Kier molecular flexibility index (Phi) is 7.06. The number of amides is 2. The summed E-state index contributed by atoms with van der Waals surface area (Å²) in [5, 5.41) is 5.74. The van der Waals surface area contributed by atoms with E-state index in [0.29, 0.717) is 11.3 Å². The van der Waals surface area contributed by atoms with Crippen molar-refractivity contribution in [2.24, 2.45) is 0 Å². The molecule has 2 aromatic rings. The summed E-state index contributed by atoms with van der Waals surface area (Å²) in [6.07, 6.45) is 0. The lowest BCUT2D eigenvalue weighted by molar-refractivity contribution is -0.885. The quantitative estimate of drug-likeness (QED) is 0.641. The number of rotatable bonds is 7. The number of likely N-dealkylation sites (N-methyl/N-ethyl adjacent to an activating group) is 1. The maximum Gasteiger partial charge on any atom is 0.282 e. The van der Waals surface area contributed by atoms with Crippen LogP contribution in [0.15, 0.2) is 42.5 Å². The van der Waals surface area contributed by atoms with Crippen LogP contribution in [0.5, 0.6) is 0 Å². The summed E-state index contributed by atoms with van der Waals surface area (Å²) < 4.78 is 0. The Hall–Kier alpha value is -2.99. The molecule has 2 aromatic carbocycles. The number of hydrogen-bond acceptors (Lipinski definition) is 3. The van der Waals surface area contributed by atoms with Crippen LogP contribution in [0.2, 0.25) is 0 Å². The van der Waals surface area contributed by atoms with Gasteiger partial charge in [-0.25, -0.2) is 0 Å². The van der Waals surface area contributed by atoms with Crippen LogP contribution in [0.1, 0.15) is 35.3 Å². The molecule has 1 unspecified atom stereocenters. The lowest BCUT2D eigenvalue weighted by Gasteiger charge is -2.21. The van der Waals surface area contributed by atoms with E-state index in [2.05, 4.69) is 10.6 Å². The smallest absolute Gasteiger partial charge is 0.282 e. The molecule has 0 bridgehead atoms. The molecule has 2 rings (SSSR count). The minimum absolute atomic E-state index is 0.0229. The highest BCUT2D eigenvalue weighted by Gasteiger charge is 2.24. The Morgan fingerprint density at radius 3 is 2.25 bits per heavy atom. The molecule has 0 aliphatic rings. The van der Waals surface area contributed by atoms with E-state index in [1.165, 1.54) is 6.92 Å². The summed E-state index contributed by atoms with van der Waals surface area (Å²) in [5.74, 6) is -0.352. The average molecular weight is 382 g/mol. The number of carbonyl (C=O) groups is 3. The number of benzene rings is 2. The van der Waals surface area contributed by atoms with Gasteiger partial charge < -0.3 is 15.5 Å². The molecule has 6 nitrogen and oxygen atoms in total. The Morgan fingerprint density at radius 2 is 1.64 bits per heavy atom. The van der Waals surface area contributed by atoms with Crippen LogP contribution in [0.3, 0.4) is 0 Å². The lowest BCUT2D eigenvalue weighted by atomic mass is 10.1. The standard InChI is InChI=1S/C22H27N3O3/c1-14-6-7-15(2)20(12-14)24-21(27)13-25(5)16(3)22(28)23-19-10-8-18(9-11-19)17(4)26/h6-12,16H,13H2,1-5H3,(H,23,28)(H,24,27)/p+1/t16-/m1/s1. The Bertz CT molecular complexity index is 875. The zero-order chi connectivity index (χ0) is 20.8. The normalized spacial score (nSPS) is 12.8. The highest BCUT2D eigenvalue weighted by atomic mass is 16.2. The molecule has 0 heterocycles. The summed E-state index contributed by atoms with van der Waals surface area (Å²) in [6, 6.07) is 12.2. The molecule has 2 amide bonds. The van der Waals surface area contributed by atoms with Crippen molar-refractivity contribution in [1.82, 2.24) is 0 Å². The van der Waals surface area contributed by atoms with E-state index in [-0.39, 0.29) is 24.1 Å². The second kappa shape index (κ2) is 9.28. The van der Waals surface area contributed by atoms with Crippen molar-refractivity contribution in [1.29, 1.82) is 0 Å². The van der Waals surface area contributed by atoms with E-state index in [1.807, 2.05) is 39.1 Å². The number of quaternary nitrogens is 1. The zero-order valence-electron chi connectivity index (χ0n) is 17.1. The SMILES string of the molecule is CC(=O)c1ccc(NC(=O)[C@@H](C)[NH+](C)CC(=O)Nc2cc(C)ccc2C)cc1. The van der Waals surface area contributed by atoms with Crippen molar-refractivity contribution in [3.05, 3.63) is 59.2 Å². The third kappa shape index (κ3) is 5.76. The summed E-state index contributed by atoms with van der Waals surface area (Å²) in [6.45, 7) is 7.36. The molecule has 0 saturated carbocycles. The number of anilines is 2. The predicted octanol–water partition coefficient (Wildman–Crippen LogP) is 1.99. The molecule has 0 saturated heterocycles. The van der Waals surface area contributed by atoms with Gasteiger partial charge in [-0.2, -0.15) is 0 Å². The predicted molar refractivity (Wildman–Crippen MR) is 111 cm³/mol. The van der Waals surface area contributed by atoms with E-state index in [9.17, 15) is 14.4 Å². The van der Waals surface area contributed by atoms with Crippen LogP contribution in [-0.4, -0.2) is 37.2 Å². The molecule has 0 aliphatic heterocycles. The first kappa shape index (κ1) is 21.3. The van der Waals surface area contributed by atoms with E-state index in [4.69, 9.17) is 0 Å². The van der Waals surface area contributed by atoms with Crippen LogP contribution < -0.4 is 15.5 Å². The van der Waals surface area contributed by atoms with Crippen molar-refractivity contribution in [2.45, 2.75) is 33.7 Å². The van der Waals surface area contributed by atoms with Gasteiger partial charge in [-0.15, -0.1) is 0 Å². The minimum Gasteiger partial charge on any atom is -0.321 e. The maximum atomic E-state index is 12.5. The van der Waals surface area contributed by atoms with Crippen LogP contribution in [0.25, 0.3) is 0 Å². The Labute approximate surface area is 165 Å². The first-order valence-corrected chi connectivity index (χ1v) is 9.28. The molecular weight excluding hydrogens is 354 g/mol. The van der Waals surface area contributed by atoms with E-state index >= 15 is 0 Å². The van der Waals surface area contributed by atoms with Gasteiger partial charge in [0.25, 0.3) is 11.8 Å². The molecule has 6 heteroatoms. The highest BCUT2D eigenvalue weighted by Crippen LogP contribution is 2.16. The molecule has 0 aliphatic carbocycles. The van der Waals surface area contributed by atoms with Crippen LogP contribution in [0.4, 0.5) is 11.4 Å². The van der Waals surface area contributed by atoms with Gasteiger partial charge in [-0.1, -0.05) is 12.1 Å². The lowest BCUT2D eigenvalue weighted by Crippen LogP contribution is -3.14. The number of hydrogen-bond donors (Lipinski definition) is 3. The second-order valence-electron chi connectivity index (χ2n) is 7.23. The van der Waals surface area contributed by atoms with Gasteiger partial charge in [0.2, 0.25) is 0 Å². The fourth-order valence-electron chi connectivity index (χ4n) is 2.73. The Balaban J connectivity index is 1.92. The maximum absolute atomic E-state index is 12.5. The number of aryl methyl sites for hydroxylation is 2. The molecule has 0 spiro atoms. The molecule has 148 valence electrons. The fourth-order valence-corrected chi connectivity index (χ4v) is 2.73. The highest BCUT2D eigenvalue weighted by molar-refractivity contribution is 5.97. The summed E-state index contributed by atoms with van der Waals surface area (Å²) >= 11 is 0. The average Bonchev–Trinajstić information content (AvgIpc) is 2.64. The number of ketones is 1. The summed E-state index contributed by atoms with van der Waals surface area (Å²) in [7, 11) is 1.81. The van der Waals surface area contributed by atoms with E-state index in [0.717, 1.165) is 21.7 Å². The number of Topliss-reactive ketones (excluding diaryl/α,β-unsaturated/α-hetero) is 1. The molecule has 28 heavy (non-hydrogen) atoms.